The zero-order valence-electron chi connectivity index (χ0n) is 45.7. The second-order valence-corrected chi connectivity index (χ2v) is 18.4. The molecule has 0 spiro atoms. The van der Waals surface area contributed by atoms with Gasteiger partial charge in [-0.2, -0.15) is 0 Å². The normalized spacial score (nSPS) is 13.1. The van der Waals surface area contributed by atoms with Crippen molar-refractivity contribution in [3.8, 4) is 0 Å². The van der Waals surface area contributed by atoms with Crippen molar-refractivity contribution in [2.24, 2.45) is 0 Å². The first-order chi connectivity index (χ1) is 35.0. The van der Waals surface area contributed by atoms with Crippen LogP contribution in [0.25, 0.3) is 0 Å². The summed E-state index contributed by atoms with van der Waals surface area (Å²) < 4.78 is 16.7. The Labute approximate surface area is 436 Å². The van der Waals surface area contributed by atoms with Crippen LogP contribution in [0.4, 0.5) is 0 Å². The van der Waals surface area contributed by atoms with Crippen LogP contribution >= 0.6 is 0 Å². The molecule has 0 fully saturated rings. The minimum Gasteiger partial charge on any atom is -0.462 e. The summed E-state index contributed by atoms with van der Waals surface area (Å²) in [5.41, 5.74) is 0. The Morgan fingerprint density at radius 2 is 0.577 bits per heavy atom. The molecule has 1 atom stereocenters. The van der Waals surface area contributed by atoms with Crippen molar-refractivity contribution in [3.05, 3.63) is 134 Å². The Bertz CT molecular complexity index is 1550. The predicted octanol–water partition coefficient (Wildman–Crippen LogP) is 19.4. The van der Waals surface area contributed by atoms with Crippen LogP contribution in [0.5, 0.6) is 0 Å². The number of unbranched alkanes of at least 4 members (excludes halogenated alkanes) is 17. The third kappa shape index (κ3) is 56.3. The standard InChI is InChI=1S/C65H104O6/c1-4-7-10-13-16-19-22-25-27-29-31-32-34-35-37-40-43-46-49-52-55-58-64(67)70-61-62(60-69-63(66)57-54-51-48-45-42-39-24-21-18-15-12-9-6-3)71-65(68)59-56-53-50-47-44-41-38-36-33-30-28-26-23-20-17-14-11-8-5-2/h7,9-10,12,16,18-19,21,25-28,31-32,35,37,39,42-43,46,48,51,62H,4-6,8,11,13-15,17,20,22-24,29-30,33-34,36,38,40-41,44-45,47,49-50,52-61H2,1-3H3/b10-7-,12-9-,19-16-,21-18-,27-25-,28-26-,32-31-,37-35-,42-39-,46-43-,51-48-. The predicted molar refractivity (Wildman–Crippen MR) is 306 cm³/mol. The Kier molecular flexibility index (Phi) is 54.5. The molecule has 0 saturated heterocycles. The Balaban J connectivity index is 4.52. The van der Waals surface area contributed by atoms with E-state index in [4.69, 9.17) is 14.2 Å². The molecule has 6 nitrogen and oxygen atoms in total. The van der Waals surface area contributed by atoms with Crippen molar-refractivity contribution in [2.75, 3.05) is 13.2 Å². The Hall–Kier alpha value is -4.45. The molecule has 0 heterocycles. The number of rotatable bonds is 50. The molecule has 400 valence electrons. The Morgan fingerprint density at radius 3 is 0.986 bits per heavy atom. The van der Waals surface area contributed by atoms with Gasteiger partial charge in [-0.3, -0.25) is 14.4 Å². The number of ether oxygens (including phenoxy) is 3. The molecule has 0 bridgehead atoms. The van der Waals surface area contributed by atoms with Gasteiger partial charge in [0.25, 0.3) is 0 Å². The zero-order chi connectivity index (χ0) is 51.4. The monoisotopic (exact) mass is 981 g/mol. The van der Waals surface area contributed by atoms with Crippen LogP contribution in [0.3, 0.4) is 0 Å². The number of carbonyl (C=O) groups is 3. The van der Waals surface area contributed by atoms with Crippen LogP contribution < -0.4 is 0 Å². The lowest BCUT2D eigenvalue weighted by Gasteiger charge is -2.18. The number of carbonyl (C=O) groups excluding carboxylic acids is 3. The minimum atomic E-state index is -0.831. The maximum absolute atomic E-state index is 12.9. The van der Waals surface area contributed by atoms with Crippen molar-refractivity contribution >= 4 is 17.9 Å². The van der Waals surface area contributed by atoms with E-state index in [0.29, 0.717) is 19.3 Å². The third-order valence-electron chi connectivity index (χ3n) is 11.6. The first-order valence-electron chi connectivity index (χ1n) is 28.7. The van der Waals surface area contributed by atoms with Gasteiger partial charge < -0.3 is 14.2 Å². The van der Waals surface area contributed by atoms with E-state index in [1.54, 1.807) is 0 Å². The topological polar surface area (TPSA) is 78.9 Å². The molecule has 0 saturated carbocycles. The van der Waals surface area contributed by atoms with Gasteiger partial charge in [-0.15, -0.1) is 0 Å². The lowest BCUT2D eigenvalue weighted by molar-refractivity contribution is -0.166. The molecule has 0 N–H and O–H groups in total. The number of esters is 3. The van der Waals surface area contributed by atoms with E-state index in [2.05, 4.69) is 142 Å². The fraction of sp³-hybridized carbons (Fsp3) is 0.615. The second-order valence-electron chi connectivity index (χ2n) is 18.4. The molecule has 71 heavy (non-hydrogen) atoms. The molecule has 0 amide bonds. The van der Waals surface area contributed by atoms with Crippen molar-refractivity contribution in [3.63, 3.8) is 0 Å². The SMILES string of the molecule is CC/C=C\C/C=C\C/C=C\C/C=C\C/C=C\C/C=C\CCCCC(=O)OCC(COC(=O)CC/C=C\C/C=C\C/C=C\C/C=C\CC)OC(=O)CCCCCCCCCCC/C=C\CCCCCCCC. The molecule has 6 heteroatoms. The van der Waals surface area contributed by atoms with Crippen LogP contribution in [-0.4, -0.2) is 37.2 Å². The summed E-state index contributed by atoms with van der Waals surface area (Å²) in [6.45, 7) is 6.30. The van der Waals surface area contributed by atoms with E-state index < -0.39 is 6.10 Å². The fourth-order valence-corrected chi connectivity index (χ4v) is 7.39. The van der Waals surface area contributed by atoms with Gasteiger partial charge in [0.2, 0.25) is 0 Å². The first kappa shape index (κ1) is 66.6. The largest absolute Gasteiger partial charge is 0.462 e. The van der Waals surface area contributed by atoms with E-state index in [1.807, 2.05) is 12.2 Å². The first-order valence-corrected chi connectivity index (χ1v) is 28.7. The molecule has 0 aliphatic heterocycles. The molecule has 0 aliphatic carbocycles. The number of allylic oxidation sites excluding steroid dienone is 22. The second kappa shape index (κ2) is 58.1. The van der Waals surface area contributed by atoms with Crippen LogP contribution in [0.1, 0.15) is 239 Å². The highest BCUT2D eigenvalue weighted by molar-refractivity contribution is 5.71. The summed E-state index contributed by atoms with van der Waals surface area (Å²) in [4.78, 5) is 38.1. The highest BCUT2D eigenvalue weighted by atomic mass is 16.6. The molecule has 0 radical (unpaired) electrons. The van der Waals surface area contributed by atoms with Gasteiger partial charge in [-0.05, 0) is 122 Å². The van der Waals surface area contributed by atoms with Crippen molar-refractivity contribution in [1.29, 1.82) is 0 Å². The molecule has 0 aromatic rings. The fourth-order valence-electron chi connectivity index (χ4n) is 7.39. The zero-order valence-corrected chi connectivity index (χ0v) is 45.7. The van der Waals surface area contributed by atoms with Gasteiger partial charge in [-0.1, -0.05) is 231 Å². The quantitative estimate of drug-likeness (QED) is 0.0262. The molecular formula is C65H104O6. The third-order valence-corrected chi connectivity index (χ3v) is 11.6. The van der Waals surface area contributed by atoms with Crippen LogP contribution in [0, 0.1) is 0 Å². The van der Waals surface area contributed by atoms with Gasteiger partial charge in [0.1, 0.15) is 13.2 Å². The average Bonchev–Trinajstić information content (AvgIpc) is 3.37. The maximum atomic E-state index is 12.9. The smallest absolute Gasteiger partial charge is 0.306 e. The molecule has 0 aromatic heterocycles. The van der Waals surface area contributed by atoms with Crippen LogP contribution in [0.15, 0.2) is 134 Å². The molecule has 0 aromatic carbocycles. The maximum Gasteiger partial charge on any atom is 0.306 e. The van der Waals surface area contributed by atoms with Crippen molar-refractivity contribution in [2.45, 2.75) is 245 Å². The van der Waals surface area contributed by atoms with Crippen LogP contribution in [-0.2, 0) is 28.6 Å². The van der Waals surface area contributed by atoms with Gasteiger partial charge >= 0.3 is 17.9 Å². The van der Waals surface area contributed by atoms with Crippen LogP contribution in [0.2, 0.25) is 0 Å². The van der Waals surface area contributed by atoms with Gasteiger partial charge in [0.05, 0.1) is 0 Å². The summed E-state index contributed by atoms with van der Waals surface area (Å²) in [5, 5.41) is 0. The van der Waals surface area contributed by atoms with Crippen molar-refractivity contribution < 1.29 is 28.6 Å². The summed E-state index contributed by atoms with van der Waals surface area (Å²) in [7, 11) is 0. The molecular weight excluding hydrogens is 877 g/mol. The summed E-state index contributed by atoms with van der Waals surface area (Å²) in [6.07, 6.45) is 81.7. The van der Waals surface area contributed by atoms with E-state index in [-0.39, 0.29) is 44.0 Å². The van der Waals surface area contributed by atoms with Crippen molar-refractivity contribution in [1.82, 2.24) is 0 Å². The molecule has 0 rings (SSSR count). The van der Waals surface area contributed by atoms with Gasteiger partial charge in [0, 0.05) is 19.3 Å². The van der Waals surface area contributed by atoms with Gasteiger partial charge in [-0.25, -0.2) is 0 Å². The molecule has 1 unspecified atom stereocenters. The average molecular weight is 982 g/mol. The number of hydrogen-bond acceptors (Lipinski definition) is 6. The van der Waals surface area contributed by atoms with E-state index in [1.165, 1.54) is 89.9 Å². The summed E-state index contributed by atoms with van der Waals surface area (Å²) >= 11 is 0. The lowest BCUT2D eigenvalue weighted by atomic mass is 10.1. The van der Waals surface area contributed by atoms with E-state index >= 15 is 0 Å². The Morgan fingerprint density at radius 1 is 0.296 bits per heavy atom. The molecule has 0 aliphatic rings. The van der Waals surface area contributed by atoms with Gasteiger partial charge in [0.15, 0.2) is 6.10 Å². The lowest BCUT2D eigenvalue weighted by Crippen LogP contribution is -2.30. The highest BCUT2D eigenvalue weighted by Crippen LogP contribution is 2.14. The summed E-state index contributed by atoms with van der Waals surface area (Å²) in [5.74, 6) is -1.06. The van der Waals surface area contributed by atoms with E-state index in [0.717, 1.165) is 96.3 Å². The van der Waals surface area contributed by atoms with E-state index in [9.17, 15) is 14.4 Å². The summed E-state index contributed by atoms with van der Waals surface area (Å²) in [6, 6.07) is 0. The minimum absolute atomic E-state index is 0.128. The highest BCUT2D eigenvalue weighted by Gasteiger charge is 2.19. The number of hydrogen-bond donors (Lipinski definition) is 0.